The quantitative estimate of drug-likeness (QED) is 0.597. The van der Waals surface area contributed by atoms with E-state index in [2.05, 4.69) is 20.8 Å². The maximum absolute atomic E-state index is 11.8. The Morgan fingerprint density at radius 3 is 2.73 bits per heavy atom. The lowest BCUT2D eigenvalue weighted by molar-refractivity contribution is -0.120. The van der Waals surface area contributed by atoms with Crippen LogP contribution in [0, 0.1) is 0 Å². The second-order valence-electron chi connectivity index (χ2n) is 5.39. The van der Waals surface area contributed by atoms with Crippen molar-refractivity contribution in [3.05, 3.63) is 23.8 Å². The number of nitrogens with zero attached hydrogens (tertiary/aromatic N) is 2. The molecule has 0 bridgehead atoms. The first-order valence-corrected chi connectivity index (χ1v) is 9.99. The molecule has 142 valence electrons. The van der Waals surface area contributed by atoms with Crippen molar-refractivity contribution >= 4 is 34.1 Å². The van der Waals surface area contributed by atoms with Gasteiger partial charge in [-0.05, 0) is 38.0 Å². The van der Waals surface area contributed by atoms with Crippen molar-refractivity contribution in [3.8, 4) is 11.5 Å². The minimum Gasteiger partial charge on any atom is -0.493 e. The van der Waals surface area contributed by atoms with Crippen LogP contribution in [0.1, 0.15) is 19.4 Å². The number of hydrogen-bond donors (Lipinski definition) is 2. The first-order chi connectivity index (χ1) is 12.6. The molecule has 9 heteroatoms. The van der Waals surface area contributed by atoms with Gasteiger partial charge in [-0.3, -0.25) is 4.79 Å². The second kappa shape index (κ2) is 10.2. The normalized spacial score (nSPS) is 11.7. The molecular formula is C17H24N4O3S2. The zero-order chi connectivity index (χ0) is 18.9. The minimum absolute atomic E-state index is 0.00987. The Morgan fingerprint density at radius 1 is 1.27 bits per heavy atom. The summed E-state index contributed by atoms with van der Waals surface area (Å²) in [6, 6.07) is 5.88. The lowest BCUT2D eigenvalue weighted by Gasteiger charge is -2.09. The monoisotopic (exact) mass is 396 g/mol. The molecular weight excluding hydrogens is 372 g/mol. The predicted molar refractivity (Wildman–Crippen MR) is 106 cm³/mol. The van der Waals surface area contributed by atoms with Crippen LogP contribution < -0.4 is 20.1 Å². The van der Waals surface area contributed by atoms with Gasteiger partial charge in [0.2, 0.25) is 11.0 Å². The van der Waals surface area contributed by atoms with Crippen LogP contribution in [0.3, 0.4) is 0 Å². The number of ether oxygens (including phenoxy) is 2. The summed E-state index contributed by atoms with van der Waals surface area (Å²) in [7, 11) is 3.25. The molecule has 0 fully saturated rings. The molecule has 2 N–H and O–H groups in total. The van der Waals surface area contributed by atoms with Crippen LogP contribution in [0.5, 0.6) is 11.5 Å². The lowest BCUT2D eigenvalue weighted by Crippen LogP contribution is -2.30. The average Bonchev–Trinajstić information content (AvgIpc) is 3.08. The van der Waals surface area contributed by atoms with Gasteiger partial charge in [-0.25, -0.2) is 0 Å². The molecule has 0 saturated heterocycles. The third kappa shape index (κ3) is 5.77. The van der Waals surface area contributed by atoms with Crippen molar-refractivity contribution in [2.24, 2.45) is 0 Å². The van der Waals surface area contributed by atoms with E-state index in [0.29, 0.717) is 6.54 Å². The molecule has 0 aliphatic rings. The predicted octanol–water partition coefficient (Wildman–Crippen LogP) is 2.83. The molecule has 2 aromatic rings. The van der Waals surface area contributed by atoms with E-state index in [9.17, 15) is 4.79 Å². The van der Waals surface area contributed by atoms with Gasteiger partial charge in [-0.1, -0.05) is 29.2 Å². The van der Waals surface area contributed by atoms with E-state index in [4.69, 9.17) is 9.47 Å². The number of benzene rings is 1. The topological polar surface area (TPSA) is 85.4 Å². The zero-order valence-corrected chi connectivity index (χ0v) is 17.0. The van der Waals surface area contributed by atoms with Crippen molar-refractivity contribution in [2.75, 3.05) is 32.6 Å². The van der Waals surface area contributed by atoms with Gasteiger partial charge >= 0.3 is 0 Å². The van der Waals surface area contributed by atoms with Crippen LogP contribution in [-0.2, 0) is 11.2 Å². The van der Waals surface area contributed by atoms with Crippen LogP contribution >= 0.6 is 23.1 Å². The highest BCUT2D eigenvalue weighted by molar-refractivity contribution is 8.02. The van der Waals surface area contributed by atoms with Gasteiger partial charge in [-0.2, -0.15) is 0 Å². The van der Waals surface area contributed by atoms with Gasteiger partial charge in [0.1, 0.15) is 0 Å². The summed E-state index contributed by atoms with van der Waals surface area (Å²) < 4.78 is 11.3. The third-order valence-corrected chi connectivity index (χ3v) is 5.61. The molecule has 1 amide bonds. The summed E-state index contributed by atoms with van der Waals surface area (Å²) in [4.78, 5) is 11.8. The Morgan fingerprint density at radius 2 is 2.04 bits per heavy atom. The van der Waals surface area contributed by atoms with E-state index in [-0.39, 0.29) is 11.2 Å². The molecule has 0 unspecified atom stereocenters. The molecule has 1 aromatic heterocycles. The number of hydrogen-bond acceptors (Lipinski definition) is 8. The highest BCUT2D eigenvalue weighted by atomic mass is 32.2. The maximum atomic E-state index is 11.8. The SMILES string of the molecule is CCNC(=O)[C@@H](C)Sc1nnc(NCCc2ccc(OC)c(OC)c2)s1. The summed E-state index contributed by atoms with van der Waals surface area (Å²) in [5.74, 6) is 1.45. The van der Waals surface area contributed by atoms with Gasteiger partial charge in [0.15, 0.2) is 15.8 Å². The number of methoxy groups -OCH3 is 2. The fraction of sp³-hybridized carbons (Fsp3) is 0.471. The number of carbonyl (C=O) groups is 1. The number of aromatic nitrogens is 2. The van der Waals surface area contributed by atoms with Crippen molar-refractivity contribution in [1.82, 2.24) is 15.5 Å². The molecule has 1 aromatic carbocycles. The highest BCUT2D eigenvalue weighted by Gasteiger charge is 2.16. The van der Waals surface area contributed by atoms with E-state index < -0.39 is 0 Å². The largest absolute Gasteiger partial charge is 0.493 e. The number of amides is 1. The van der Waals surface area contributed by atoms with E-state index in [1.54, 1.807) is 14.2 Å². The molecule has 1 atom stereocenters. The number of anilines is 1. The van der Waals surface area contributed by atoms with Crippen LogP contribution in [0.25, 0.3) is 0 Å². The Kier molecular flexibility index (Phi) is 7.99. The van der Waals surface area contributed by atoms with Crippen molar-refractivity contribution in [1.29, 1.82) is 0 Å². The molecule has 26 heavy (non-hydrogen) atoms. The van der Waals surface area contributed by atoms with Crippen molar-refractivity contribution in [2.45, 2.75) is 29.9 Å². The molecule has 0 radical (unpaired) electrons. The van der Waals surface area contributed by atoms with Gasteiger partial charge in [0.25, 0.3) is 0 Å². The van der Waals surface area contributed by atoms with Crippen LogP contribution in [-0.4, -0.2) is 48.7 Å². The summed E-state index contributed by atoms with van der Waals surface area (Å²) in [6.45, 7) is 5.12. The second-order valence-corrected chi connectivity index (χ2v) is 7.96. The first kappa shape index (κ1) is 20.3. The van der Waals surface area contributed by atoms with Crippen LogP contribution in [0.4, 0.5) is 5.13 Å². The van der Waals surface area contributed by atoms with E-state index >= 15 is 0 Å². The number of nitrogens with one attached hydrogen (secondary N) is 2. The molecule has 7 nitrogen and oxygen atoms in total. The van der Waals surface area contributed by atoms with Crippen LogP contribution in [0.2, 0.25) is 0 Å². The zero-order valence-electron chi connectivity index (χ0n) is 15.4. The standard InChI is InChI=1S/C17H24N4O3S2/c1-5-18-15(22)11(2)25-17-21-20-16(26-17)19-9-8-12-6-7-13(23-3)14(10-12)24-4/h6-7,10-11H,5,8-9H2,1-4H3,(H,18,22)(H,19,20)/t11-/m1/s1. The smallest absolute Gasteiger partial charge is 0.233 e. The van der Waals surface area contributed by atoms with Gasteiger partial charge in [0.05, 0.1) is 19.5 Å². The third-order valence-electron chi connectivity index (χ3n) is 3.54. The molecule has 2 rings (SSSR count). The van der Waals surface area contributed by atoms with Gasteiger partial charge < -0.3 is 20.1 Å². The van der Waals surface area contributed by atoms with Gasteiger partial charge in [-0.15, -0.1) is 10.2 Å². The Labute approximate surface area is 161 Å². The number of carbonyl (C=O) groups excluding carboxylic acids is 1. The molecule has 0 saturated carbocycles. The van der Waals surface area contributed by atoms with Crippen LogP contribution in [0.15, 0.2) is 22.5 Å². The highest BCUT2D eigenvalue weighted by Crippen LogP contribution is 2.29. The maximum Gasteiger partial charge on any atom is 0.233 e. The fourth-order valence-electron chi connectivity index (χ4n) is 2.20. The average molecular weight is 397 g/mol. The molecule has 1 heterocycles. The molecule has 0 aliphatic carbocycles. The summed E-state index contributed by atoms with van der Waals surface area (Å²) >= 11 is 2.86. The number of thioether (sulfide) groups is 1. The Hall–Kier alpha value is -2.00. The number of rotatable bonds is 10. The Bertz CT molecular complexity index is 724. The Balaban J connectivity index is 1.83. The fourth-order valence-corrected chi connectivity index (χ4v) is 4.15. The van der Waals surface area contributed by atoms with E-state index in [0.717, 1.165) is 39.5 Å². The van der Waals surface area contributed by atoms with E-state index in [1.807, 2.05) is 32.0 Å². The van der Waals surface area contributed by atoms with E-state index in [1.165, 1.54) is 23.1 Å². The summed E-state index contributed by atoms with van der Waals surface area (Å²) in [5.41, 5.74) is 1.14. The van der Waals surface area contributed by atoms with Crippen molar-refractivity contribution < 1.29 is 14.3 Å². The summed E-state index contributed by atoms with van der Waals surface area (Å²) in [6.07, 6.45) is 0.817. The first-order valence-electron chi connectivity index (χ1n) is 8.30. The van der Waals surface area contributed by atoms with Crippen molar-refractivity contribution in [3.63, 3.8) is 0 Å². The minimum atomic E-state index is -0.192. The van der Waals surface area contributed by atoms with Gasteiger partial charge in [0, 0.05) is 13.1 Å². The lowest BCUT2D eigenvalue weighted by atomic mass is 10.1. The summed E-state index contributed by atoms with van der Waals surface area (Å²) in [5, 5.41) is 14.9. The molecule has 0 spiro atoms. The molecule has 0 aliphatic heterocycles.